The first-order valence-corrected chi connectivity index (χ1v) is 9.65. The molecule has 1 aromatic rings. The van der Waals surface area contributed by atoms with Crippen LogP contribution in [0.4, 0.5) is 13.2 Å². The molecular weight excluding hydrogens is 371 g/mol. The van der Waals surface area contributed by atoms with Gasteiger partial charge in [0, 0.05) is 31.1 Å². The Morgan fingerprint density at radius 1 is 1.11 bits per heavy atom. The number of amides is 2. The molecule has 0 bridgehead atoms. The van der Waals surface area contributed by atoms with Crippen molar-refractivity contribution in [3.63, 3.8) is 0 Å². The molecule has 5 nitrogen and oxygen atoms in total. The van der Waals surface area contributed by atoms with E-state index in [2.05, 4.69) is 5.32 Å². The van der Waals surface area contributed by atoms with Crippen molar-refractivity contribution >= 4 is 11.8 Å². The van der Waals surface area contributed by atoms with Crippen LogP contribution in [0.25, 0.3) is 0 Å². The van der Waals surface area contributed by atoms with Crippen molar-refractivity contribution in [2.75, 3.05) is 20.1 Å². The Balaban J connectivity index is 1.72. The average molecular weight is 399 g/mol. The zero-order valence-corrected chi connectivity index (χ0v) is 16.1. The highest BCUT2D eigenvalue weighted by atomic mass is 19.4. The van der Waals surface area contributed by atoms with E-state index in [1.807, 2.05) is 17.3 Å². The first-order chi connectivity index (χ1) is 13.2. The number of halogens is 3. The lowest BCUT2D eigenvalue weighted by Crippen LogP contribution is -2.37. The summed E-state index contributed by atoms with van der Waals surface area (Å²) in [7, 11) is 1.90. The summed E-state index contributed by atoms with van der Waals surface area (Å²) in [5.41, 5.74) is 1.10. The van der Waals surface area contributed by atoms with Gasteiger partial charge in [-0.3, -0.25) is 9.59 Å². The second-order valence-corrected chi connectivity index (χ2v) is 7.39. The molecule has 1 aliphatic carbocycles. The van der Waals surface area contributed by atoms with E-state index in [0.29, 0.717) is 25.6 Å². The number of benzene rings is 1. The molecular formula is C20H28F3N3O2. The molecule has 1 saturated carbocycles. The number of hydrogen-bond acceptors (Lipinski definition) is 3. The van der Waals surface area contributed by atoms with Gasteiger partial charge in [0.2, 0.25) is 5.91 Å². The Morgan fingerprint density at radius 3 is 2.36 bits per heavy atom. The predicted octanol–water partition coefficient (Wildman–Crippen LogP) is 3.25. The van der Waals surface area contributed by atoms with E-state index in [-0.39, 0.29) is 11.5 Å². The molecule has 0 spiro atoms. The van der Waals surface area contributed by atoms with Gasteiger partial charge in [0.05, 0.1) is 0 Å². The van der Waals surface area contributed by atoms with Crippen LogP contribution in [0, 0.1) is 0 Å². The molecule has 0 atom stereocenters. The summed E-state index contributed by atoms with van der Waals surface area (Å²) in [6, 6.07) is 6.74. The molecule has 0 heterocycles. The van der Waals surface area contributed by atoms with Gasteiger partial charge in [0.1, 0.15) is 6.54 Å². The number of carbonyl (C=O) groups is 2. The lowest BCUT2D eigenvalue weighted by molar-refractivity contribution is -0.123. The third-order valence-electron chi connectivity index (χ3n) is 4.81. The van der Waals surface area contributed by atoms with Crippen LogP contribution < -0.4 is 10.6 Å². The third kappa shape index (κ3) is 8.29. The van der Waals surface area contributed by atoms with Crippen molar-refractivity contribution < 1.29 is 22.8 Å². The molecule has 1 fully saturated rings. The molecule has 0 unspecified atom stereocenters. The van der Waals surface area contributed by atoms with E-state index in [0.717, 1.165) is 18.4 Å². The number of nitrogens with zero attached hydrogens (tertiary/aromatic N) is 1. The highest BCUT2D eigenvalue weighted by Crippen LogP contribution is 2.17. The van der Waals surface area contributed by atoms with Gasteiger partial charge >= 0.3 is 6.18 Å². The van der Waals surface area contributed by atoms with Crippen molar-refractivity contribution in [3.8, 4) is 0 Å². The van der Waals surface area contributed by atoms with E-state index in [4.69, 9.17) is 0 Å². The number of alkyl halides is 3. The summed E-state index contributed by atoms with van der Waals surface area (Å²) in [4.78, 5) is 25.8. The summed E-state index contributed by atoms with van der Waals surface area (Å²) in [6.07, 6.45) is 1.71. The third-order valence-corrected chi connectivity index (χ3v) is 4.81. The number of hydrogen-bond donors (Lipinski definition) is 2. The molecule has 0 radical (unpaired) electrons. The van der Waals surface area contributed by atoms with E-state index in [1.165, 1.54) is 31.4 Å². The van der Waals surface area contributed by atoms with Crippen LogP contribution in [0.1, 0.15) is 54.4 Å². The smallest absolute Gasteiger partial charge is 0.353 e. The van der Waals surface area contributed by atoms with E-state index in [9.17, 15) is 22.8 Å². The first-order valence-electron chi connectivity index (χ1n) is 9.65. The first kappa shape index (κ1) is 22.2. The Morgan fingerprint density at radius 2 is 1.75 bits per heavy atom. The maximum atomic E-state index is 12.2. The van der Waals surface area contributed by atoms with Crippen molar-refractivity contribution in [1.29, 1.82) is 0 Å². The van der Waals surface area contributed by atoms with E-state index in [1.54, 1.807) is 12.1 Å². The van der Waals surface area contributed by atoms with Gasteiger partial charge in [-0.1, -0.05) is 31.4 Å². The topological polar surface area (TPSA) is 61.4 Å². The largest absolute Gasteiger partial charge is 0.405 e. The standard InChI is InChI=1S/C20H28F3N3O2/c1-26(12-11-18(27)25-17-5-3-2-4-6-17)13-15-7-9-16(10-8-15)19(28)24-14-20(21,22)23/h7-10,17H,2-6,11-14H2,1H3,(H,24,28)(H,25,27). The van der Waals surface area contributed by atoms with Crippen molar-refractivity contribution in [1.82, 2.24) is 15.5 Å². The van der Waals surface area contributed by atoms with Crippen LogP contribution in [0.2, 0.25) is 0 Å². The highest BCUT2D eigenvalue weighted by Gasteiger charge is 2.27. The van der Waals surface area contributed by atoms with Gasteiger partial charge in [0.25, 0.3) is 5.91 Å². The highest BCUT2D eigenvalue weighted by molar-refractivity contribution is 5.94. The molecule has 1 aliphatic rings. The molecule has 0 aliphatic heterocycles. The van der Waals surface area contributed by atoms with Gasteiger partial charge in [-0.15, -0.1) is 0 Å². The minimum atomic E-state index is -4.43. The van der Waals surface area contributed by atoms with Crippen LogP contribution >= 0.6 is 0 Å². The quantitative estimate of drug-likeness (QED) is 0.706. The maximum Gasteiger partial charge on any atom is 0.405 e. The molecule has 0 saturated heterocycles. The molecule has 2 rings (SSSR count). The van der Waals surface area contributed by atoms with E-state index < -0.39 is 18.6 Å². The Labute approximate surface area is 163 Å². The SMILES string of the molecule is CN(CCC(=O)NC1CCCCC1)Cc1ccc(C(=O)NCC(F)(F)F)cc1. The predicted molar refractivity (Wildman–Crippen MR) is 101 cm³/mol. The van der Waals surface area contributed by atoms with Gasteiger partial charge in [-0.25, -0.2) is 0 Å². The van der Waals surface area contributed by atoms with Gasteiger partial charge < -0.3 is 15.5 Å². The normalized spacial score (nSPS) is 15.5. The maximum absolute atomic E-state index is 12.2. The molecule has 2 N–H and O–H groups in total. The zero-order chi connectivity index (χ0) is 20.6. The molecule has 8 heteroatoms. The van der Waals surface area contributed by atoms with Gasteiger partial charge in [0.15, 0.2) is 0 Å². The zero-order valence-electron chi connectivity index (χ0n) is 16.1. The number of rotatable bonds is 8. The van der Waals surface area contributed by atoms with Gasteiger partial charge in [-0.2, -0.15) is 13.2 Å². The van der Waals surface area contributed by atoms with Crippen molar-refractivity contribution in [2.24, 2.45) is 0 Å². The van der Waals surface area contributed by atoms with Crippen molar-refractivity contribution in [2.45, 2.75) is 57.3 Å². The minimum Gasteiger partial charge on any atom is -0.353 e. The fourth-order valence-corrected chi connectivity index (χ4v) is 3.27. The van der Waals surface area contributed by atoms with E-state index >= 15 is 0 Å². The van der Waals surface area contributed by atoms with Gasteiger partial charge in [-0.05, 0) is 37.6 Å². The van der Waals surface area contributed by atoms with Crippen LogP contribution in [0.3, 0.4) is 0 Å². The Hall–Kier alpha value is -2.09. The monoisotopic (exact) mass is 399 g/mol. The lowest BCUT2D eigenvalue weighted by Gasteiger charge is -2.23. The number of nitrogens with one attached hydrogen (secondary N) is 2. The Bertz CT molecular complexity index is 641. The number of carbonyl (C=O) groups excluding carboxylic acids is 2. The summed E-state index contributed by atoms with van der Waals surface area (Å²) in [5.74, 6) is -0.688. The molecule has 1 aromatic carbocycles. The summed E-state index contributed by atoms with van der Waals surface area (Å²) in [5, 5.41) is 4.94. The molecule has 28 heavy (non-hydrogen) atoms. The fraction of sp³-hybridized carbons (Fsp3) is 0.600. The molecule has 0 aromatic heterocycles. The summed E-state index contributed by atoms with van der Waals surface area (Å²) < 4.78 is 36.5. The van der Waals surface area contributed by atoms with Crippen LogP contribution in [-0.2, 0) is 11.3 Å². The van der Waals surface area contributed by atoms with Crippen LogP contribution in [-0.4, -0.2) is 49.1 Å². The second kappa shape index (κ2) is 10.5. The Kier molecular flexibility index (Phi) is 8.29. The van der Waals surface area contributed by atoms with Crippen molar-refractivity contribution in [3.05, 3.63) is 35.4 Å². The fourth-order valence-electron chi connectivity index (χ4n) is 3.27. The van der Waals surface area contributed by atoms with Crippen LogP contribution in [0.5, 0.6) is 0 Å². The molecule has 156 valence electrons. The molecule has 2 amide bonds. The second-order valence-electron chi connectivity index (χ2n) is 7.39. The minimum absolute atomic E-state index is 0.0652. The summed E-state index contributed by atoms with van der Waals surface area (Å²) in [6.45, 7) is -0.160. The van der Waals surface area contributed by atoms with Crippen LogP contribution in [0.15, 0.2) is 24.3 Å². The lowest BCUT2D eigenvalue weighted by atomic mass is 9.95. The average Bonchev–Trinajstić information content (AvgIpc) is 2.65. The summed E-state index contributed by atoms with van der Waals surface area (Å²) >= 11 is 0.